The van der Waals surface area contributed by atoms with Crippen molar-refractivity contribution in [1.29, 1.82) is 0 Å². The standard InChI is InChI=1S/C13H16N2O/c1-2-8-15-10-12(14-13(15)16)9-11-6-4-3-5-7-11/h2-7,12H,1,8-10H2,(H,14,16)/t12-/m0/s1. The molecular formula is C13H16N2O. The molecule has 1 atom stereocenters. The van der Waals surface area contributed by atoms with Crippen molar-refractivity contribution < 1.29 is 4.79 Å². The Morgan fingerprint density at radius 1 is 1.44 bits per heavy atom. The normalized spacial score (nSPS) is 19.6. The highest BCUT2D eigenvalue weighted by Crippen LogP contribution is 2.10. The molecule has 3 heteroatoms. The third-order valence-electron chi connectivity index (χ3n) is 2.73. The van der Waals surface area contributed by atoms with Crippen LogP contribution in [0.3, 0.4) is 0 Å². The molecule has 2 rings (SSSR count). The summed E-state index contributed by atoms with van der Waals surface area (Å²) in [6.07, 6.45) is 2.64. The lowest BCUT2D eigenvalue weighted by molar-refractivity contribution is 0.222. The van der Waals surface area contributed by atoms with Crippen molar-refractivity contribution in [2.24, 2.45) is 0 Å². The Balaban J connectivity index is 1.94. The summed E-state index contributed by atoms with van der Waals surface area (Å²) in [6.45, 7) is 5.03. The fraction of sp³-hybridized carbons (Fsp3) is 0.308. The molecule has 1 aliphatic heterocycles. The summed E-state index contributed by atoms with van der Waals surface area (Å²) in [4.78, 5) is 13.3. The van der Waals surface area contributed by atoms with Crippen LogP contribution >= 0.6 is 0 Å². The van der Waals surface area contributed by atoms with Gasteiger partial charge in [-0.3, -0.25) is 0 Å². The Bertz CT molecular complexity index is 375. The molecule has 2 amide bonds. The van der Waals surface area contributed by atoms with Crippen LogP contribution in [0.1, 0.15) is 5.56 Å². The van der Waals surface area contributed by atoms with Crippen molar-refractivity contribution in [2.75, 3.05) is 13.1 Å². The molecule has 1 aliphatic rings. The van der Waals surface area contributed by atoms with Gasteiger partial charge in [0.1, 0.15) is 0 Å². The zero-order valence-electron chi connectivity index (χ0n) is 9.23. The van der Waals surface area contributed by atoms with Crippen molar-refractivity contribution in [3.8, 4) is 0 Å². The van der Waals surface area contributed by atoms with Gasteiger partial charge in [0.05, 0.1) is 6.04 Å². The summed E-state index contributed by atoms with van der Waals surface area (Å²) in [7, 11) is 0. The van der Waals surface area contributed by atoms with Crippen LogP contribution in [0.25, 0.3) is 0 Å². The summed E-state index contributed by atoms with van der Waals surface area (Å²) in [6, 6.07) is 10.4. The lowest BCUT2D eigenvalue weighted by Gasteiger charge is -2.11. The molecule has 1 aromatic carbocycles. The van der Waals surface area contributed by atoms with Crippen molar-refractivity contribution in [3.63, 3.8) is 0 Å². The van der Waals surface area contributed by atoms with E-state index < -0.39 is 0 Å². The molecule has 0 radical (unpaired) electrons. The molecule has 1 fully saturated rings. The molecule has 84 valence electrons. The van der Waals surface area contributed by atoms with E-state index in [1.54, 1.807) is 11.0 Å². The van der Waals surface area contributed by atoms with Crippen molar-refractivity contribution in [2.45, 2.75) is 12.5 Å². The second-order valence-corrected chi connectivity index (χ2v) is 4.03. The van der Waals surface area contributed by atoms with Gasteiger partial charge in [0.15, 0.2) is 0 Å². The highest BCUT2D eigenvalue weighted by Gasteiger charge is 2.27. The van der Waals surface area contributed by atoms with Gasteiger partial charge in [-0.15, -0.1) is 6.58 Å². The molecule has 1 saturated heterocycles. The van der Waals surface area contributed by atoms with E-state index in [-0.39, 0.29) is 12.1 Å². The van der Waals surface area contributed by atoms with Crippen molar-refractivity contribution in [3.05, 3.63) is 48.6 Å². The average molecular weight is 216 g/mol. The van der Waals surface area contributed by atoms with E-state index in [0.29, 0.717) is 6.54 Å². The average Bonchev–Trinajstić information content (AvgIpc) is 2.61. The molecule has 0 bridgehead atoms. The molecule has 3 nitrogen and oxygen atoms in total. The summed E-state index contributed by atoms with van der Waals surface area (Å²) in [5.74, 6) is 0. The van der Waals surface area contributed by atoms with Crippen molar-refractivity contribution >= 4 is 6.03 Å². The monoisotopic (exact) mass is 216 g/mol. The number of nitrogens with one attached hydrogen (secondary N) is 1. The van der Waals surface area contributed by atoms with Gasteiger partial charge in [-0.25, -0.2) is 4.79 Å². The number of carbonyl (C=O) groups excluding carboxylic acids is 1. The minimum atomic E-state index is 0.0147. The van der Waals surface area contributed by atoms with E-state index >= 15 is 0 Å². The van der Waals surface area contributed by atoms with Crippen molar-refractivity contribution in [1.82, 2.24) is 10.2 Å². The van der Waals surface area contributed by atoms with Crippen LogP contribution in [0.2, 0.25) is 0 Å². The lowest BCUT2D eigenvalue weighted by atomic mass is 10.1. The van der Waals surface area contributed by atoms with E-state index in [0.717, 1.165) is 13.0 Å². The number of nitrogens with zero attached hydrogens (tertiary/aromatic N) is 1. The smallest absolute Gasteiger partial charge is 0.318 e. The molecule has 1 heterocycles. The van der Waals surface area contributed by atoms with Crippen LogP contribution in [-0.2, 0) is 6.42 Å². The molecule has 0 spiro atoms. The van der Waals surface area contributed by atoms with E-state index in [2.05, 4.69) is 24.0 Å². The predicted molar refractivity (Wildman–Crippen MR) is 64.2 cm³/mol. The zero-order valence-corrected chi connectivity index (χ0v) is 9.23. The number of rotatable bonds is 4. The molecule has 1 aromatic rings. The summed E-state index contributed by atoms with van der Waals surface area (Å²) < 4.78 is 0. The molecular weight excluding hydrogens is 200 g/mol. The molecule has 1 N–H and O–H groups in total. The molecule has 16 heavy (non-hydrogen) atoms. The second kappa shape index (κ2) is 4.84. The zero-order chi connectivity index (χ0) is 11.4. The Morgan fingerprint density at radius 2 is 2.19 bits per heavy atom. The lowest BCUT2D eigenvalue weighted by Crippen LogP contribution is -2.29. The second-order valence-electron chi connectivity index (χ2n) is 4.03. The number of carbonyl (C=O) groups is 1. The van der Waals surface area contributed by atoms with Gasteiger partial charge >= 0.3 is 6.03 Å². The maximum atomic E-state index is 11.5. The first-order valence-electron chi connectivity index (χ1n) is 5.50. The van der Waals surface area contributed by atoms with E-state index in [9.17, 15) is 4.79 Å². The van der Waals surface area contributed by atoms with E-state index in [1.165, 1.54) is 5.56 Å². The van der Waals surface area contributed by atoms with Gasteiger partial charge in [0.2, 0.25) is 0 Å². The highest BCUT2D eigenvalue weighted by molar-refractivity contribution is 5.77. The van der Waals surface area contributed by atoms with E-state index in [1.807, 2.05) is 18.2 Å². The highest BCUT2D eigenvalue weighted by atomic mass is 16.2. The Morgan fingerprint density at radius 3 is 2.88 bits per heavy atom. The molecule has 0 unspecified atom stereocenters. The number of urea groups is 1. The Kier molecular flexibility index (Phi) is 3.25. The molecule has 0 aliphatic carbocycles. The number of benzene rings is 1. The van der Waals surface area contributed by atoms with Gasteiger partial charge in [-0.05, 0) is 12.0 Å². The molecule has 0 saturated carbocycles. The van der Waals surface area contributed by atoms with Crippen LogP contribution in [0.15, 0.2) is 43.0 Å². The maximum Gasteiger partial charge on any atom is 0.318 e. The minimum Gasteiger partial charge on any atom is -0.333 e. The van der Waals surface area contributed by atoms with Crippen LogP contribution in [0.4, 0.5) is 4.79 Å². The first-order valence-corrected chi connectivity index (χ1v) is 5.50. The third kappa shape index (κ3) is 2.42. The van der Waals surface area contributed by atoms with Gasteiger partial charge in [0, 0.05) is 13.1 Å². The predicted octanol–water partition coefficient (Wildman–Crippen LogP) is 1.81. The maximum absolute atomic E-state index is 11.5. The summed E-state index contributed by atoms with van der Waals surface area (Å²) >= 11 is 0. The van der Waals surface area contributed by atoms with Gasteiger partial charge in [-0.1, -0.05) is 36.4 Å². The van der Waals surface area contributed by atoms with Crippen LogP contribution in [0.5, 0.6) is 0 Å². The fourth-order valence-electron chi connectivity index (χ4n) is 1.99. The minimum absolute atomic E-state index is 0.0147. The fourth-order valence-corrected chi connectivity index (χ4v) is 1.99. The Hall–Kier alpha value is -1.77. The summed E-state index contributed by atoms with van der Waals surface area (Å²) in [5.41, 5.74) is 1.26. The quantitative estimate of drug-likeness (QED) is 0.765. The Labute approximate surface area is 95.8 Å². The SMILES string of the molecule is C=CCN1C[C@H](Cc2ccccc2)NC1=O. The number of amides is 2. The third-order valence-corrected chi connectivity index (χ3v) is 2.73. The van der Waals surface area contributed by atoms with Crippen LogP contribution in [0, 0.1) is 0 Å². The summed E-state index contributed by atoms with van der Waals surface area (Å²) in [5, 5.41) is 2.98. The van der Waals surface area contributed by atoms with Crippen LogP contribution in [-0.4, -0.2) is 30.1 Å². The van der Waals surface area contributed by atoms with Crippen LogP contribution < -0.4 is 5.32 Å². The first-order chi connectivity index (χ1) is 7.79. The molecule has 0 aromatic heterocycles. The van der Waals surface area contributed by atoms with Gasteiger partial charge in [-0.2, -0.15) is 0 Å². The van der Waals surface area contributed by atoms with E-state index in [4.69, 9.17) is 0 Å². The first kappa shape index (κ1) is 10.7. The number of hydrogen-bond acceptors (Lipinski definition) is 1. The number of hydrogen-bond donors (Lipinski definition) is 1. The topological polar surface area (TPSA) is 32.3 Å². The van der Waals surface area contributed by atoms with Gasteiger partial charge < -0.3 is 10.2 Å². The largest absolute Gasteiger partial charge is 0.333 e. The van der Waals surface area contributed by atoms with Gasteiger partial charge in [0.25, 0.3) is 0 Å².